The molecule has 6 nitrogen and oxygen atoms in total. The molecule has 1 aromatic heterocycles. The smallest absolute Gasteiger partial charge is 0.244 e. The second kappa shape index (κ2) is 10.1. The number of para-hydroxylation sites is 1. The Balaban J connectivity index is 1.45. The molecule has 1 amide bonds. The van der Waals surface area contributed by atoms with Crippen LogP contribution in [-0.4, -0.2) is 38.3 Å². The lowest BCUT2D eigenvalue weighted by molar-refractivity contribution is -0.116. The fourth-order valence-electron chi connectivity index (χ4n) is 2.82. The van der Waals surface area contributed by atoms with E-state index in [1.165, 1.54) is 6.08 Å². The average molecular weight is 392 g/mol. The highest BCUT2D eigenvalue weighted by atomic mass is 16.5. The van der Waals surface area contributed by atoms with Crippen LogP contribution >= 0.6 is 0 Å². The minimum Gasteiger partial charge on any atom is -0.497 e. The molecule has 150 valence electrons. The number of nitrogens with zero attached hydrogens (tertiary/aromatic N) is 1. The van der Waals surface area contributed by atoms with E-state index in [9.17, 15) is 4.79 Å². The Morgan fingerprint density at radius 3 is 2.59 bits per heavy atom. The molecule has 0 aliphatic rings. The number of rotatable bonds is 9. The third-order valence-electron chi connectivity index (χ3n) is 4.27. The van der Waals surface area contributed by atoms with Gasteiger partial charge in [0.25, 0.3) is 0 Å². The van der Waals surface area contributed by atoms with Gasteiger partial charge >= 0.3 is 0 Å². The van der Waals surface area contributed by atoms with Crippen LogP contribution < -0.4 is 19.5 Å². The number of carbonyl (C=O) groups excluding carboxylic acids is 1. The third-order valence-corrected chi connectivity index (χ3v) is 4.27. The van der Waals surface area contributed by atoms with E-state index in [0.29, 0.717) is 31.1 Å². The maximum Gasteiger partial charge on any atom is 0.244 e. The summed E-state index contributed by atoms with van der Waals surface area (Å²) in [6.07, 6.45) is 5.65. The van der Waals surface area contributed by atoms with Crippen LogP contribution in [-0.2, 0) is 4.79 Å². The first-order chi connectivity index (χ1) is 14.2. The molecule has 0 aliphatic heterocycles. The summed E-state index contributed by atoms with van der Waals surface area (Å²) in [6, 6.07) is 15.2. The molecule has 0 saturated heterocycles. The van der Waals surface area contributed by atoms with Gasteiger partial charge in [-0.3, -0.25) is 9.78 Å². The normalized spacial score (nSPS) is 10.8. The van der Waals surface area contributed by atoms with Crippen LogP contribution in [0.1, 0.15) is 12.0 Å². The topological polar surface area (TPSA) is 69.7 Å². The van der Waals surface area contributed by atoms with E-state index < -0.39 is 0 Å². The number of hydrogen-bond donors (Lipinski definition) is 1. The Morgan fingerprint density at radius 1 is 1.07 bits per heavy atom. The van der Waals surface area contributed by atoms with Crippen LogP contribution in [0, 0.1) is 0 Å². The molecule has 1 N–H and O–H groups in total. The Labute approximate surface area is 170 Å². The van der Waals surface area contributed by atoms with Gasteiger partial charge in [-0.15, -0.1) is 0 Å². The predicted octanol–water partition coefficient (Wildman–Crippen LogP) is 3.85. The zero-order valence-corrected chi connectivity index (χ0v) is 16.6. The maximum absolute atomic E-state index is 12.0. The number of methoxy groups -OCH3 is 2. The van der Waals surface area contributed by atoms with Crippen molar-refractivity contribution in [2.24, 2.45) is 0 Å². The number of ether oxygens (including phenoxy) is 3. The SMILES string of the molecule is COc1cc(/C=C/C(=O)NCCCOc2cccc3cccnc23)cc(OC)c1. The summed E-state index contributed by atoms with van der Waals surface area (Å²) in [5.74, 6) is 1.92. The second-order valence-electron chi connectivity index (χ2n) is 6.30. The first-order valence-electron chi connectivity index (χ1n) is 9.35. The molecular formula is C23H24N2O4. The molecular weight excluding hydrogens is 368 g/mol. The maximum atomic E-state index is 12.0. The standard InChI is InChI=1S/C23H24N2O4/c1-27-19-14-17(15-20(16-19)28-2)9-10-22(26)24-12-5-13-29-21-8-3-6-18-7-4-11-25-23(18)21/h3-4,6-11,14-16H,5,12-13H2,1-2H3,(H,24,26)/b10-9+. The van der Waals surface area contributed by atoms with Crippen molar-refractivity contribution in [1.29, 1.82) is 0 Å². The number of aromatic nitrogens is 1. The second-order valence-corrected chi connectivity index (χ2v) is 6.30. The zero-order chi connectivity index (χ0) is 20.5. The summed E-state index contributed by atoms with van der Waals surface area (Å²) in [7, 11) is 3.18. The largest absolute Gasteiger partial charge is 0.497 e. The van der Waals surface area contributed by atoms with E-state index in [0.717, 1.165) is 22.2 Å². The summed E-state index contributed by atoms with van der Waals surface area (Å²) in [5.41, 5.74) is 1.67. The number of benzene rings is 2. The van der Waals surface area contributed by atoms with Gasteiger partial charge in [-0.2, -0.15) is 0 Å². The molecule has 6 heteroatoms. The van der Waals surface area contributed by atoms with Crippen LogP contribution in [0.4, 0.5) is 0 Å². The van der Waals surface area contributed by atoms with Gasteiger partial charge in [0, 0.05) is 30.3 Å². The van der Waals surface area contributed by atoms with Crippen molar-refractivity contribution in [2.75, 3.05) is 27.4 Å². The van der Waals surface area contributed by atoms with Gasteiger partial charge in [0.05, 0.1) is 20.8 Å². The molecule has 3 rings (SSSR count). The Morgan fingerprint density at radius 2 is 1.83 bits per heavy atom. The predicted molar refractivity (Wildman–Crippen MR) is 113 cm³/mol. The van der Waals surface area contributed by atoms with Crippen molar-refractivity contribution in [3.63, 3.8) is 0 Å². The molecule has 1 heterocycles. The molecule has 0 fully saturated rings. The van der Waals surface area contributed by atoms with Gasteiger partial charge in [0.1, 0.15) is 22.8 Å². The van der Waals surface area contributed by atoms with E-state index in [-0.39, 0.29) is 5.91 Å². The molecule has 3 aromatic rings. The van der Waals surface area contributed by atoms with Gasteiger partial charge in [-0.25, -0.2) is 0 Å². The van der Waals surface area contributed by atoms with Crippen molar-refractivity contribution in [2.45, 2.75) is 6.42 Å². The van der Waals surface area contributed by atoms with Gasteiger partial charge in [0.2, 0.25) is 5.91 Å². The summed E-state index contributed by atoms with van der Waals surface area (Å²) in [6.45, 7) is 1.01. The first kappa shape index (κ1) is 20.2. The summed E-state index contributed by atoms with van der Waals surface area (Å²) < 4.78 is 16.3. The quantitative estimate of drug-likeness (QED) is 0.442. The highest BCUT2D eigenvalue weighted by molar-refractivity contribution is 5.91. The Bertz CT molecular complexity index is 974. The van der Waals surface area contributed by atoms with Crippen LogP contribution in [0.25, 0.3) is 17.0 Å². The van der Waals surface area contributed by atoms with Crippen molar-refractivity contribution in [1.82, 2.24) is 10.3 Å². The van der Waals surface area contributed by atoms with E-state index in [1.807, 2.05) is 42.5 Å². The molecule has 0 unspecified atom stereocenters. The molecule has 0 saturated carbocycles. The highest BCUT2D eigenvalue weighted by Crippen LogP contribution is 2.24. The minimum atomic E-state index is -0.168. The lowest BCUT2D eigenvalue weighted by Gasteiger charge is -2.08. The molecule has 2 aromatic carbocycles. The van der Waals surface area contributed by atoms with Gasteiger partial charge in [-0.05, 0) is 42.3 Å². The van der Waals surface area contributed by atoms with Crippen molar-refractivity contribution >= 4 is 22.9 Å². The number of fused-ring (bicyclic) bond motifs is 1. The molecule has 29 heavy (non-hydrogen) atoms. The molecule has 0 bridgehead atoms. The van der Waals surface area contributed by atoms with Crippen LogP contribution in [0.5, 0.6) is 17.2 Å². The Kier molecular flexibility index (Phi) is 7.05. The number of hydrogen-bond acceptors (Lipinski definition) is 5. The molecule has 0 atom stereocenters. The average Bonchev–Trinajstić information content (AvgIpc) is 2.77. The van der Waals surface area contributed by atoms with Gasteiger partial charge in [-0.1, -0.05) is 18.2 Å². The van der Waals surface area contributed by atoms with Gasteiger partial charge < -0.3 is 19.5 Å². The molecule has 0 spiro atoms. The van der Waals surface area contributed by atoms with Crippen molar-refractivity contribution < 1.29 is 19.0 Å². The van der Waals surface area contributed by atoms with E-state index in [4.69, 9.17) is 14.2 Å². The van der Waals surface area contributed by atoms with E-state index in [1.54, 1.807) is 32.6 Å². The molecule has 0 radical (unpaired) electrons. The monoisotopic (exact) mass is 392 g/mol. The lowest BCUT2D eigenvalue weighted by atomic mass is 10.2. The Hall–Kier alpha value is -3.54. The first-order valence-corrected chi connectivity index (χ1v) is 9.35. The molecule has 0 aliphatic carbocycles. The number of nitrogens with one attached hydrogen (secondary N) is 1. The van der Waals surface area contributed by atoms with Crippen LogP contribution in [0.3, 0.4) is 0 Å². The van der Waals surface area contributed by atoms with Crippen LogP contribution in [0.2, 0.25) is 0 Å². The summed E-state index contributed by atoms with van der Waals surface area (Å²) >= 11 is 0. The number of amides is 1. The lowest BCUT2D eigenvalue weighted by Crippen LogP contribution is -2.23. The van der Waals surface area contributed by atoms with E-state index >= 15 is 0 Å². The van der Waals surface area contributed by atoms with Crippen molar-refractivity contribution in [3.8, 4) is 17.2 Å². The zero-order valence-electron chi connectivity index (χ0n) is 16.6. The fourth-order valence-corrected chi connectivity index (χ4v) is 2.82. The van der Waals surface area contributed by atoms with Crippen LogP contribution in [0.15, 0.2) is 60.8 Å². The van der Waals surface area contributed by atoms with E-state index in [2.05, 4.69) is 10.3 Å². The highest BCUT2D eigenvalue weighted by Gasteiger charge is 2.03. The minimum absolute atomic E-state index is 0.168. The third kappa shape index (κ3) is 5.72. The number of pyridine rings is 1. The van der Waals surface area contributed by atoms with Crippen molar-refractivity contribution in [3.05, 3.63) is 66.4 Å². The number of carbonyl (C=O) groups is 1. The summed E-state index contributed by atoms with van der Waals surface area (Å²) in [5, 5.41) is 3.89. The summed E-state index contributed by atoms with van der Waals surface area (Å²) in [4.78, 5) is 16.4. The fraction of sp³-hybridized carbons (Fsp3) is 0.217. The van der Waals surface area contributed by atoms with Gasteiger partial charge in [0.15, 0.2) is 0 Å².